The Labute approximate surface area is 111 Å². The minimum absolute atomic E-state index is 0.176. The molecule has 1 fully saturated rings. The molecule has 1 saturated carbocycles. The number of aliphatic carboxylic acids is 1. The normalized spacial score (nSPS) is 20.9. The molecule has 1 aliphatic rings. The molecule has 0 bridgehead atoms. The van der Waals surface area contributed by atoms with Gasteiger partial charge in [-0.15, -0.1) is 0 Å². The van der Waals surface area contributed by atoms with E-state index in [1.807, 2.05) is 24.3 Å². The van der Waals surface area contributed by atoms with Crippen LogP contribution in [0.25, 0.3) is 0 Å². The standard InChI is InChI=1S/C14H17NO4/c1-19-8-10-4-2-3-9(5-10)7-15-13(16)11-6-12(11)14(17)18/h2-5,11-12H,6-8H2,1H3,(H,15,16)(H,17,18)/t11-,12+/m1/s1. The van der Waals surface area contributed by atoms with Gasteiger partial charge in [0.05, 0.1) is 18.4 Å². The Balaban J connectivity index is 1.84. The summed E-state index contributed by atoms with van der Waals surface area (Å²) in [6.07, 6.45) is 0.449. The molecule has 0 saturated heterocycles. The zero-order chi connectivity index (χ0) is 13.8. The van der Waals surface area contributed by atoms with Gasteiger partial charge in [-0.3, -0.25) is 9.59 Å². The number of carbonyl (C=O) groups is 2. The van der Waals surface area contributed by atoms with Crippen LogP contribution >= 0.6 is 0 Å². The second kappa shape index (κ2) is 5.84. The Morgan fingerprint density at radius 1 is 1.37 bits per heavy atom. The van der Waals surface area contributed by atoms with Crippen molar-refractivity contribution in [1.82, 2.24) is 5.32 Å². The fourth-order valence-corrected chi connectivity index (χ4v) is 2.07. The highest BCUT2D eigenvalue weighted by molar-refractivity contribution is 5.89. The maximum absolute atomic E-state index is 11.7. The van der Waals surface area contributed by atoms with E-state index in [-0.39, 0.29) is 11.8 Å². The third-order valence-electron chi connectivity index (χ3n) is 3.21. The lowest BCUT2D eigenvalue weighted by Gasteiger charge is -2.06. The average molecular weight is 263 g/mol. The Bertz CT molecular complexity index is 486. The van der Waals surface area contributed by atoms with Crippen molar-refractivity contribution in [1.29, 1.82) is 0 Å². The van der Waals surface area contributed by atoms with Crippen LogP contribution in [-0.2, 0) is 27.5 Å². The minimum Gasteiger partial charge on any atom is -0.481 e. The molecular formula is C14H17NO4. The van der Waals surface area contributed by atoms with Crippen LogP contribution in [0.1, 0.15) is 17.5 Å². The lowest BCUT2D eigenvalue weighted by Crippen LogP contribution is -2.25. The first kappa shape index (κ1) is 13.5. The molecule has 1 aliphatic carbocycles. The summed E-state index contributed by atoms with van der Waals surface area (Å²) in [6.45, 7) is 0.949. The van der Waals surface area contributed by atoms with Gasteiger partial charge in [0.15, 0.2) is 0 Å². The summed E-state index contributed by atoms with van der Waals surface area (Å²) in [7, 11) is 1.63. The molecule has 0 spiro atoms. The van der Waals surface area contributed by atoms with Crippen molar-refractivity contribution in [3.8, 4) is 0 Å². The molecule has 0 aliphatic heterocycles. The number of hydrogen-bond donors (Lipinski definition) is 2. The minimum atomic E-state index is -0.887. The summed E-state index contributed by atoms with van der Waals surface area (Å²) in [4.78, 5) is 22.4. The molecule has 2 atom stereocenters. The number of ether oxygens (including phenoxy) is 1. The second-order valence-corrected chi connectivity index (χ2v) is 4.76. The van der Waals surface area contributed by atoms with Gasteiger partial charge in [0.25, 0.3) is 0 Å². The van der Waals surface area contributed by atoms with Crippen molar-refractivity contribution in [3.05, 3.63) is 35.4 Å². The molecule has 102 valence electrons. The zero-order valence-electron chi connectivity index (χ0n) is 10.8. The van der Waals surface area contributed by atoms with Gasteiger partial charge in [-0.05, 0) is 17.5 Å². The highest BCUT2D eigenvalue weighted by Crippen LogP contribution is 2.38. The molecular weight excluding hydrogens is 246 g/mol. The molecule has 19 heavy (non-hydrogen) atoms. The van der Waals surface area contributed by atoms with Crippen molar-refractivity contribution in [2.45, 2.75) is 19.6 Å². The fourth-order valence-electron chi connectivity index (χ4n) is 2.07. The van der Waals surface area contributed by atoms with Crippen molar-refractivity contribution >= 4 is 11.9 Å². The molecule has 1 aromatic rings. The monoisotopic (exact) mass is 263 g/mol. The maximum atomic E-state index is 11.7. The van der Waals surface area contributed by atoms with Crippen LogP contribution in [0.5, 0.6) is 0 Å². The number of carboxylic acid groups (broad SMARTS) is 1. The van der Waals surface area contributed by atoms with Crippen LogP contribution in [0.4, 0.5) is 0 Å². The first-order chi connectivity index (χ1) is 9.11. The Kier molecular flexibility index (Phi) is 4.16. The number of benzene rings is 1. The van der Waals surface area contributed by atoms with E-state index in [0.29, 0.717) is 19.6 Å². The highest BCUT2D eigenvalue weighted by Gasteiger charge is 2.48. The summed E-state index contributed by atoms with van der Waals surface area (Å²) in [6, 6.07) is 7.75. The molecule has 5 nitrogen and oxygen atoms in total. The van der Waals surface area contributed by atoms with Gasteiger partial charge in [-0.1, -0.05) is 24.3 Å². The second-order valence-electron chi connectivity index (χ2n) is 4.76. The lowest BCUT2D eigenvalue weighted by molar-refractivity contribution is -0.140. The van der Waals surface area contributed by atoms with Crippen LogP contribution in [0, 0.1) is 11.8 Å². The Morgan fingerprint density at radius 2 is 2.11 bits per heavy atom. The van der Waals surface area contributed by atoms with Crippen molar-refractivity contribution in [2.75, 3.05) is 7.11 Å². The summed E-state index contributed by atoms with van der Waals surface area (Å²) in [5.41, 5.74) is 2.03. The summed E-state index contributed by atoms with van der Waals surface area (Å²) in [5.74, 6) is -1.92. The van der Waals surface area contributed by atoms with E-state index in [2.05, 4.69) is 5.32 Å². The molecule has 0 radical (unpaired) electrons. The van der Waals surface area contributed by atoms with Gasteiger partial charge in [-0.2, -0.15) is 0 Å². The van der Waals surface area contributed by atoms with Crippen molar-refractivity contribution < 1.29 is 19.4 Å². The fraction of sp³-hybridized carbons (Fsp3) is 0.429. The molecule has 1 amide bonds. The number of rotatable bonds is 6. The Hall–Kier alpha value is -1.88. The third-order valence-corrected chi connectivity index (χ3v) is 3.21. The molecule has 2 N–H and O–H groups in total. The van der Waals surface area contributed by atoms with E-state index in [0.717, 1.165) is 11.1 Å². The van der Waals surface area contributed by atoms with E-state index in [4.69, 9.17) is 9.84 Å². The first-order valence-electron chi connectivity index (χ1n) is 6.19. The summed E-state index contributed by atoms with van der Waals surface area (Å²) < 4.78 is 5.04. The van der Waals surface area contributed by atoms with Crippen LogP contribution in [-0.4, -0.2) is 24.1 Å². The van der Waals surface area contributed by atoms with E-state index in [1.165, 1.54) is 0 Å². The number of amides is 1. The number of hydrogen-bond acceptors (Lipinski definition) is 3. The SMILES string of the molecule is COCc1cccc(CNC(=O)[C@@H]2C[C@@H]2C(=O)O)c1. The van der Waals surface area contributed by atoms with Gasteiger partial charge in [0, 0.05) is 13.7 Å². The number of methoxy groups -OCH3 is 1. The average Bonchev–Trinajstić information content (AvgIpc) is 3.17. The van der Waals surface area contributed by atoms with E-state index < -0.39 is 11.9 Å². The van der Waals surface area contributed by atoms with E-state index in [1.54, 1.807) is 7.11 Å². The number of nitrogens with one attached hydrogen (secondary N) is 1. The summed E-state index contributed by atoms with van der Waals surface area (Å²) in [5, 5.41) is 11.5. The molecule has 5 heteroatoms. The van der Waals surface area contributed by atoms with Crippen LogP contribution in [0.3, 0.4) is 0 Å². The van der Waals surface area contributed by atoms with Crippen LogP contribution < -0.4 is 5.32 Å². The van der Waals surface area contributed by atoms with Crippen molar-refractivity contribution in [3.63, 3.8) is 0 Å². The summed E-state index contributed by atoms with van der Waals surface area (Å²) >= 11 is 0. The first-order valence-corrected chi connectivity index (χ1v) is 6.19. The zero-order valence-corrected chi connectivity index (χ0v) is 10.8. The predicted octanol–water partition coefficient (Wildman–Crippen LogP) is 1.17. The van der Waals surface area contributed by atoms with Gasteiger partial charge in [0.1, 0.15) is 0 Å². The van der Waals surface area contributed by atoms with Crippen LogP contribution in [0.15, 0.2) is 24.3 Å². The van der Waals surface area contributed by atoms with Crippen LogP contribution in [0.2, 0.25) is 0 Å². The Morgan fingerprint density at radius 3 is 2.74 bits per heavy atom. The molecule has 0 heterocycles. The number of carbonyl (C=O) groups excluding carboxylic acids is 1. The van der Waals surface area contributed by atoms with Crippen molar-refractivity contribution in [2.24, 2.45) is 11.8 Å². The van der Waals surface area contributed by atoms with Gasteiger partial charge < -0.3 is 15.2 Å². The highest BCUT2D eigenvalue weighted by atomic mass is 16.5. The number of carboxylic acids is 1. The van der Waals surface area contributed by atoms with Gasteiger partial charge in [0.2, 0.25) is 5.91 Å². The maximum Gasteiger partial charge on any atom is 0.307 e. The smallest absolute Gasteiger partial charge is 0.307 e. The largest absolute Gasteiger partial charge is 0.481 e. The third kappa shape index (κ3) is 3.54. The van der Waals surface area contributed by atoms with Gasteiger partial charge >= 0.3 is 5.97 Å². The predicted molar refractivity (Wildman–Crippen MR) is 68.2 cm³/mol. The molecule has 2 rings (SSSR count). The van der Waals surface area contributed by atoms with Gasteiger partial charge in [-0.25, -0.2) is 0 Å². The molecule has 0 aromatic heterocycles. The van der Waals surface area contributed by atoms with E-state index >= 15 is 0 Å². The molecule has 0 unspecified atom stereocenters. The van der Waals surface area contributed by atoms with E-state index in [9.17, 15) is 9.59 Å². The topological polar surface area (TPSA) is 75.6 Å². The quantitative estimate of drug-likeness (QED) is 0.807. The lowest BCUT2D eigenvalue weighted by atomic mass is 10.1. The molecule has 1 aromatic carbocycles.